The van der Waals surface area contributed by atoms with Gasteiger partial charge in [-0.1, -0.05) is 50.0 Å². The van der Waals surface area contributed by atoms with Gasteiger partial charge in [0.05, 0.1) is 0 Å². The molecule has 1 atom stereocenters. The fraction of sp³-hybridized carbons (Fsp3) is 0.600. The highest BCUT2D eigenvalue weighted by molar-refractivity contribution is 6.35. The lowest BCUT2D eigenvalue weighted by molar-refractivity contribution is 0.405. The van der Waals surface area contributed by atoms with E-state index < -0.39 is 0 Å². The van der Waals surface area contributed by atoms with E-state index in [1.165, 1.54) is 6.42 Å². The molecular formula is C15H23Cl2N. The minimum Gasteiger partial charge on any atom is -0.314 e. The molecule has 0 spiro atoms. The van der Waals surface area contributed by atoms with E-state index in [-0.39, 0.29) is 0 Å². The van der Waals surface area contributed by atoms with E-state index in [0.717, 1.165) is 35.0 Å². The maximum absolute atomic E-state index is 6.19. The molecule has 1 rings (SSSR count). The van der Waals surface area contributed by atoms with Crippen molar-refractivity contribution >= 4 is 23.2 Å². The first-order chi connectivity index (χ1) is 8.54. The van der Waals surface area contributed by atoms with E-state index in [9.17, 15) is 0 Å². The Hall–Kier alpha value is -0.240. The van der Waals surface area contributed by atoms with Crippen LogP contribution in [-0.4, -0.2) is 12.6 Å². The second-order valence-corrected chi connectivity index (χ2v) is 5.94. The number of rotatable bonds is 7. The Morgan fingerprint density at radius 1 is 1.17 bits per heavy atom. The number of hydrogen-bond acceptors (Lipinski definition) is 1. The molecule has 0 amide bonds. The summed E-state index contributed by atoms with van der Waals surface area (Å²) in [5, 5.41) is 5.10. The lowest BCUT2D eigenvalue weighted by Gasteiger charge is -2.20. The molecule has 102 valence electrons. The van der Waals surface area contributed by atoms with Crippen LogP contribution in [0.15, 0.2) is 18.2 Å². The highest BCUT2D eigenvalue weighted by atomic mass is 35.5. The minimum absolute atomic E-state index is 0.544. The van der Waals surface area contributed by atoms with Gasteiger partial charge in [-0.15, -0.1) is 0 Å². The van der Waals surface area contributed by atoms with Gasteiger partial charge in [-0.05, 0) is 49.4 Å². The van der Waals surface area contributed by atoms with E-state index in [1.807, 2.05) is 18.2 Å². The van der Waals surface area contributed by atoms with Gasteiger partial charge < -0.3 is 5.32 Å². The molecule has 0 aromatic heterocycles. The Kier molecular flexibility index (Phi) is 7.06. The molecule has 0 radical (unpaired) electrons. The number of nitrogens with one attached hydrogen (secondary N) is 1. The summed E-state index contributed by atoms with van der Waals surface area (Å²) >= 11 is 12.4. The average molecular weight is 288 g/mol. The molecule has 1 unspecified atom stereocenters. The molecule has 18 heavy (non-hydrogen) atoms. The fourth-order valence-corrected chi connectivity index (χ4v) is 2.84. The lowest BCUT2D eigenvalue weighted by Crippen LogP contribution is -2.30. The summed E-state index contributed by atoms with van der Waals surface area (Å²) in [5.41, 5.74) is 1.08. The van der Waals surface area contributed by atoms with Crippen molar-refractivity contribution in [1.29, 1.82) is 0 Å². The van der Waals surface area contributed by atoms with Crippen LogP contribution in [-0.2, 0) is 6.42 Å². The number of hydrogen-bond donors (Lipinski definition) is 1. The molecule has 1 aromatic rings. The normalized spacial score (nSPS) is 13.0. The summed E-state index contributed by atoms with van der Waals surface area (Å²) in [6, 6.07) is 6.26. The highest BCUT2D eigenvalue weighted by Gasteiger charge is 2.12. The Labute approximate surface area is 121 Å². The molecule has 0 aliphatic heterocycles. The molecule has 1 aromatic carbocycles. The summed E-state index contributed by atoms with van der Waals surface area (Å²) in [5.74, 6) is 0.704. The minimum atomic E-state index is 0.544. The van der Waals surface area contributed by atoms with E-state index in [4.69, 9.17) is 23.2 Å². The van der Waals surface area contributed by atoms with Crippen LogP contribution < -0.4 is 5.32 Å². The molecule has 0 saturated carbocycles. The van der Waals surface area contributed by atoms with Crippen LogP contribution in [0.4, 0.5) is 0 Å². The van der Waals surface area contributed by atoms with Crippen molar-refractivity contribution < 1.29 is 0 Å². The molecule has 0 bridgehead atoms. The van der Waals surface area contributed by atoms with Crippen molar-refractivity contribution in [1.82, 2.24) is 5.32 Å². The van der Waals surface area contributed by atoms with E-state index >= 15 is 0 Å². The first-order valence-corrected chi connectivity index (χ1v) is 7.46. The summed E-state index contributed by atoms with van der Waals surface area (Å²) in [6.07, 6.45) is 3.20. The molecule has 1 N–H and O–H groups in total. The Morgan fingerprint density at radius 3 is 2.28 bits per heavy atom. The monoisotopic (exact) mass is 287 g/mol. The van der Waals surface area contributed by atoms with Gasteiger partial charge in [-0.2, -0.15) is 0 Å². The average Bonchev–Trinajstić information content (AvgIpc) is 2.27. The van der Waals surface area contributed by atoms with Crippen LogP contribution in [0.25, 0.3) is 0 Å². The Bertz CT molecular complexity index is 343. The van der Waals surface area contributed by atoms with E-state index in [2.05, 4.69) is 26.1 Å². The lowest BCUT2D eigenvalue weighted by atomic mass is 9.97. The molecule has 3 heteroatoms. The standard InChI is InChI=1S/C15H23Cl2N/c1-4-18-12(10-11(2)3)8-9-13-14(16)6-5-7-15(13)17/h5-7,11-12,18H,4,8-10H2,1-3H3. The highest BCUT2D eigenvalue weighted by Crippen LogP contribution is 2.26. The van der Waals surface area contributed by atoms with Crippen molar-refractivity contribution in [3.05, 3.63) is 33.8 Å². The third kappa shape index (κ3) is 5.17. The summed E-state index contributed by atoms with van der Waals surface area (Å²) in [7, 11) is 0. The zero-order valence-corrected chi connectivity index (χ0v) is 13.0. The third-order valence-corrected chi connectivity index (χ3v) is 3.76. The molecule has 0 heterocycles. The van der Waals surface area contributed by atoms with Crippen molar-refractivity contribution in [3.63, 3.8) is 0 Å². The largest absolute Gasteiger partial charge is 0.314 e. The zero-order valence-electron chi connectivity index (χ0n) is 11.5. The van der Waals surface area contributed by atoms with Crippen LogP contribution in [0.1, 0.15) is 39.2 Å². The molecule has 0 fully saturated rings. The zero-order chi connectivity index (χ0) is 13.5. The molecule has 1 nitrogen and oxygen atoms in total. The van der Waals surface area contributed by atoms with Crippen molar-refractivity contribution in [3.8, 4) is 0 Å². The predicted octanol–water partition coefficient (Wildman–Crippen LogP) is 4.95. The molecule has 0 saturated heterocycles. The quantitative estimate of drug-likeness (QED) is 0.748. The molecule has 0 aliphatic carbocycles. The van der Waals surface area contributed by atoms with Gasteiger partial charge >= 0.3 is 0 Å². The fourth-order valence-electron chi connectivity index (χ4n) is 2.25. The second kappa shape index (κ2) is 8.04. The topological polar surface area (TPSA) is 12.0 Å². The van der Waals surface area contributed by atoms with Gasteiger partial charge in [-0.3, -0.25) is 0 Å². The number of benzene rings is 1. The van der Waals surface area contributed by atoms with E-state index in [0.29, 0.717) is 12.0 Å². The van der Waals surface area contributed by atoms with Gasteiger partial charge in [0.2, 0.25) is 0 Å². The first kappa shape index (κ1) is 15.8. The maximum Gasteiger partial charge on any atom is 0.0452 e. The van der Waals surface area contributed by atoms with Crippen LogP contribution >= 0.6 is 23.2 Å². The van der Waals surface area contributed by atoms with Crippen LogP contribution in [0, 0.1) is 5.92 Å². The van der Waals surface area contributed by atoms with Crippen molar-refractivity contribution in [2.75, 3.05) is 6.54 Å². The van der Waals surface area contributed by atoms with Gasteiger partial charge in [0.15, 0.2) is 0 Å². The van der Waals surface area contributed by atoms with Gasteiger partial charge in [0.25, 0.3) is 0 Å². The smallest absolute Gasteiger partial charge is 0.0452 e. The second-order valence-electron chi connectivity index (χ2n) is 5.12. The molecular weight excluding hydrogens is 265 g/mol. The third-order valence-electron chi connectivity index (χ3n) is 3.05. The molecule has 0 aliphatic rings. The van der Waals surface area contributed by atoms with Crippen molar-refractivity contribution in [2.45, 2.75) is 46.1 Å². The predicted molar refractivity (Wildman–Crippen MR) is 81.7 cm³/mol. The van der Waals surface area contributed by atoms with Crippen LogP contribution in [0.3, 0.4) is 0 Å². The summed E-state index contributed by atoms with van der Waals surface area (Å²) in [4.78, 5) is 0. The Morgan fingerprint density at radius 2 is 1.78 bits per heavy atom. The summed E-state index contributed by atoms with van der Waals surface area (Å²) < 4.78 is 0. The SMILES string of the molecule is CCNC(CCc1c(Cl)cccc1Cl)CC(C)C. The Balaban J connectivity index is 2.60. The van der Waals surface area contributed by atoms with Gasteiger partial charge in [0.1, 0.15) is 0 Å². The van der Waals surface area contributed by atoms with Crippen LogP contribution in [0.5, 0.6) is 0 Å². The summed E-state index contributed by atoms with van der Waals surface area (Å²) in [6.45, 7) is 7.67. The first-order valence-electron chi connectivity index (χ1n) is 6.70. The van der Waals surface area contributed by atoms with Gasteiger partial charge in [0, 0.05) is 16.1 Å². The van der Waals surface area contributed by atoms with Crippen molar-refractivity contribution in [2.24, 2.45) is 5.92 Å². The van der Waals surface area contributed by atoms with Gasteiger partial charge in [-0.25, -0.2) is 0 Å². The number of halogens is 2. The van der Waals surface area contributed by atoms with E-state index in [1.54, 1.807) is 0 Å². The maximum atomic E-state index is 6.19. The van der Waals surface area contributed by atoms with Crippen LogP contribution in [0.2, 0.25) is 10.0 Å².